The van der Waals surface area contributed by atoms with Crippen LogP contribution in [-0.2, 0) is 4.79 Å². The molecule has 0 aliphatic carbocycles. The van der Waals surface area contributed by atoms with Crippen molar-refractivity contribution >= 4 is 12.0 Å². The first kappa shape index (κ1) is 21.3. The van der Waals surface area contributed by atoms with Gasteiger partial charge in [-0.3, -0.25) is 4.79 Å². The van der Waals surface area contributed by atoms with Crippen LogP contribution in [0.2, 0.25) is 0 Å². The summed E-state index contributed by atoms with van der Waals surface area (Å²) in [5.41, 5.74) is 0.922. The summed E-state index contributed by atoms with van der Waals surface area (Å²) in [6, 6.07) is 6.07. The number of benzene rings is 1. The molecule has 1 heterocycles. The van der Waals surface area contributed by atoms with E-state index in [1.54, 1.807) is 13.2 Å². The molecule has 5 nitrogen and oxygen atoms in total. The van der Waals surface area contributed by atoms with Gasteiger partial charge in [-0.05, 0) is 49.1 Å². The molecule has 1 amide bonds. The Morgan fingerprint density at radius 2 is 2.00 bits per heavy atom. The van der Waals surface area contributed by atoms with Gasteiger partial charge in [-0.15, -0.1) is 0 Å². The Morgan fingerprint density at radius 1 is 1.30 bits per heavy atom. The zero-order valence-corrected chi connectivity index (χ0v) is 17.4. The summed E-state index contributed by atoms with van der Waals surface area (Å²) < 4.78 is 11.2. The molecule has 0 unspecified atom stereocenters. The summed E-state index contributed by atoms with van der Waals surface area (Å²) >= 11 is 0. The van der Waals surface area contributed by atoms with E-state index in [2.05, 4.69) is 25.7 Å². The van der Waals surface area contributed by atoms with Gasteiger partial charge < -0.3 is 19.3 Å². The summed E-state index contributed by atoms with van der Waals surface area (Å²) in [6.07, 6.45) is 5.57. The van der Waals surface area contributed by atoms with Gasteiger partial charge in [0.1, 0.15) is 0 Å². The van der Waals surface area contributed by atoms with Crippen LogP contribution in [-0.4, -0.2) is 62.1 Å². The predicted molar refractivity (Wildman–Crippen MR) is 110 cm³/mol. The highest BCUT2D eigenvalue weighted by Crippen LogP contribution is 2.29. The minimum Gasteiger partial charge on any atom is -0.493 e. The summed E-state index contributed by atoms with van der Waals surface area (Å²) in [7, 11) is 3.54. The molecule has 1 aliphatic rings. The molecule has 0 bridgehead atoms. The van der Waals surface area contributed by atoms with Gasteiger partial charge in [-0.1, -0.05) is 26.8 Å². The summed E-state index contributed by atoms with van der Waals surface area (Å²) in [4.78, 5) is 16.8. The smallest absolute Gasteiger partial charge is 0.246 e. The van der Waals surface area contributed by atoms with Gasteiger partial charge in [0, 0.05) is 32.3 Å². The SMILES string of the molecule is CCN1CCC(N(C)C(=O)/C=C/c2ccc(OCC(C)C)c(OC)c2)CC1. The van der Waals surface area contributed by atoms with Crippen molar-refractivity contribution in [2.75, 3.05) is 40.4 Å². The van der Waals surface area contributed by atoms with Gasteiger partial charge in [-0.25, -0.2) is 0 Å². The van der Waals surface area contributed by atoms with Gasteiger partial charge in [-0.2, -0.15) is 0 Å². The van der Waals surface area contributed by atoms with Crippen molar-refractivity contribution in [2.45, 2.75) is 39.7 Å². The second kappa shape index (κ2) is 10.4. The number of carbonyl (C=O) groups is 1. The molecule has 27 heavy (non-hydrogen) atoms. The lowest BCUT2D eigenvalue weighted by Gasteiger charge is -2.35. The molecular weight excluding hydrogens is 340 g/mol. The lowest BCUT2D eigenvalue weighted by atomic mass is 10.0. The average molecular weight is 375 g/mol. The molecule has 0 saturated carbocycles. The topological polar surface area (TPSA) is 42.0 Å². The summed E-state index contributed by atoms with van der Waals surface area (Å²) in [5, 5.41) is 0. The Kier molecular flexibility index (Phi) is 8.17. The first-order chi connectivity index (χ1) is 12.9. The average Bonchev–Trinajstić information content (AvgIpc) is 2.70. The number of rotatable bonds is 8. The normalized spacial score (nSPS) is 16.1. The molecule has 150 valence electrons. The molecule has 1 saturated heterocycles. The number of piperidine rings is 1. The van der Waals surface area contributed by atoms with Crippen LogP contribution < -0.4 is 9.47 Å². The number of methoxy groups -OCH3 is 1. The largest absolute Gasteiger partial charge is 0.493 e. The molecule has 1 aromatic carbocycles. The molecule has 5 heteroatoms. The van der Waals surface area contributed by atoms with E-state index in [1.807, 2.05) is 36.2 Å². The van der Waals surface area contributed by atoms with Crippen LogP contribution in [0, 0.1) is 5.92 Å². The zero-order chi connectivity index (χ0) is 19.8. The number of hydrogen-bond donors (Lipinski definition) is 0. The van der Waals surface area contributed by atoms with E-state index < -0.39 is 0 Å². The van der Waals surface area contributed by atoms with E-state index in [9.17, 15) is 4.79 Å². The number of amides is 1. The fourth-order valence-corrected chi connectivity index (χ4v) is 3.25. The fraction of sp³-hybridized carbons (Fsp3) is 0.591. The number of likely N-dealkylation sites (tertiary alicyclic amines) is 1. The van der Waals surface area contributed by atoms with Gasteiger partial charge >= 0.3 is 0 Å². The van der Waals surface area contributed by atoms with Crippen LogP contribution in [0.3, 0.4) is 0 Å². The Balaban J connectivity index is 1.96. The van der Waals surface area contributed by atoms with Crippen LogP contribution in [0.1, 0.15) is 39.2 Å². The van der Waals surface area contributed by atoms with E-state index in [0.717, 1.165) is 43.8 Å². The van der Waals surface area contributed by atoms with Crippen molar-refractivity contribution in [3.63, 3.8) is 0 Å². The molecule has 1 aliphatic heterocycles. The van der Waals surface area contributed by atoms with E-state index >= 15 is 0 Å². The van der Waals surface area contributed by atoms with Gasteiger partial charge in [0.15, 0.2) is 11.5 Å². The predicted octanol–water partition coefficient (Wildman–Crippen LogP) is 3.69. The number of carbonyl (C=O) groups excluding carboxylic acids is 1. The number of likely N-dealkylation sites (N-methyl/N-ethyl adjacent to an activating group) is 1. The molecule has 0 spiro atoms. The highest BCUT2D eigenvalue weighted by atomic mass is 16.5. The summed E-state index contributed by atoms with van der Waals surface area (Å²) in [5.74, 6) is 1.91. The molecule has 1 fully saturated rings. The van der Waals surface area contributed by atoms with Crippen molar-refractivity contribution < 1.29 is 14.3 Å². The number of ether oxygens (including phenoxy) is 2. The maximum Gasteiger partial charge on any atom is 0.246 e. The minimum absolute atomic E-state index is 0.0454. The highest BCUT2D eigenvalue weighted by molar-refractivity contribution is 5.91. The van der Waals surface area contributed by atoms with Crippen LogP contribution in [0.25, 0.3) is 6.08 Å². The highest BCUT2D eigenvalue weighted by Gasteiger charge is 2.23. The van der Waals surface area contributed by atoms with Crippen molar-refractivity contribution in [3.8, 4) is 11.5 Å². The Morgan fingerprint density at radius 3 is 2.59 bits per heavy atom. The van der Waals surface area contributed by atoms with E-state index in [1.165, 1.54) is 0 Å². The maximum atomic E-state index is 12.5. The van der Waals surface area contributed by atoms with Crippen LogP contribution in [0.15, 0.2) is 24.3 Å². The van der Waals surface area contributed by atoms with Crippen LogP contribution in [0.5, 0.6) is 11.5 Å². The molecule has 0 N–H and O–H groups in total. The first-order valence-corrected chi connectivity index (χ1v) is 9.92. The van der Waals surface area contributed by atoms with Crippen molar-refractivity contribution in [1.29, 1.82) is 0 Å². The first-order valence-electron chi connectivity index (χ1n) is 9.92. The van der Waals surface area contributed by atoms with Crippen LogP contribution in [0.4, 0.5) is 0 Å². The monoisotopic (exact) mass is 374 g/mol. The van der Waals surface area contributed by atoms with Gasteiger partial charge in [0.25, 0.3) is 0 Å². The molecule has 0 aromatic heterocycles. The summed E-state index contributed by atoms with van der Waals surface area (Å²) in [6.45, 7) is 10.3. The van der Waals surface area contributed by atoms with E-state index in [0.29, 0.717) is 24.3 Å². The lowest BCUT2D eigenvalue weighted by Crippen LogP contribution is -2.45. The zero-order valence-electron chi connectivity index (χ0n) is 17.4. The quantitative estimate of drug-likeness (QED) is 0.651. The Labute approximate surface area is 163 Å². The maximum absolute atomic E-state index is 12.5. The van der Waals surface area contributed by atoms with E-state index in [-0.39, 0.29) is 5.91 Å². The van der Waals surface area contributed by atoms with Gasteiger partial charge in [0.2, 0.25) is 5.91 Å². The second-order valence-corrected chi connectivity index (χ2v) is 7.56. The Hall–Kier alpha value is -2.01. The standard InChI is InChI=1S/C22H34N2O3/c1-6-24-13-11-19(12-14-24)23(4)22(25)10-8-18-7-9-20(21(15-18)26-5)27-16-17(2)3/h7-10,15,17,19H,6,11-14,16H2,1-5H3/b10-8+. The Bertz CT molecular complexity index is 634. The third kappa shape index (κ3) is 6.28. The van der Waals surface area contributed by atoms with E-state index in [4.69, 9.17) is 9.47 Å². The minimum atomic E-state index is 0.0454. The van der Waals surface area contributed by atoms with Crippen molar-refractivity contribution in [3.05, 3.63) is 29.8 Å². The van der Waals surface area contributed by atoms with Crippen LogP contribution >= 0.6 is 0 Å². The third-order valence-electron chi connectivity index (χ3n) is 5.08. The van der Waals surface area contributed by atoms with Crippen molar-refractivity contribution in [2.24, 2.45) is 5.92 Å². The molecular formula is C22H34N2O3. The second-order valence-electron chi connectivity index (χ2n) is 7.56. The molecule has 0 atom stereocenters. The number of nitrogens with zero attached hydrogens (tertiary/aromatic N) is 2. The van der Waals surface area contributed by atoms with Crippen molar-refractivity contribution in [1.82, 2.24) is 9.80 Å². The molecule has 1 aromatic rings. The lowest BCUT2D eigenvalue weighted by molar-refractivity contribution is -0.127. The number of hydrogen-bond acceptors (Lipinski definition) is 4. The fourth-order valence-electron chi connectivity index (χ4n) is 3.25. The molecule has 2 rings (SSSR count). The van der Waals surface area contributed by atoms with Gasteiger partial charge in [0.05, 0.1) is 13.7 Å². The third-order valence-corrected chi connectivity index (χ3v) is 5.08. The molecule has 0 radical (unpaired) electrons.